The Labute approximate surface area is 273 Å². The summed E-state index contributed by atoms with van der Waals surface area (Å²) in [7, 11) is 1.30. The summed E-state index contributed by atoms with van der Waals surface area (Å²) in [5.41, 5.74) is 3.97. The monoisotopic (exact) mass is 770 g/mol. The van der Waals surface area contributed by atoms with Gasteiger partial charge in [0, 0.05) is 68.1 Å². The number of carbonyl (C=O) groups is 2. The summed E-state index contributed by atoms with van der Waals surface area (Å²) in [6.07, 6.45) is 0. The van der Waals surface area contributed by atoms with Crippen molar-refractivity contribution in [2.75, 3.05) is 11.1 Å². The number of hydrogen-bond acceptors (Lipinski definition) is 7. The molecule has 4 aromatic carbocycles. The van der Waals surface area contributed by atoms with Crippen LogP contribution in [0.5, 0.6) is 0 Å². The Morgan fingerprint density at radius 3 is 1.32 bits per heavy atom. The van der Waals surface area contributed by atoms with Gasteiger partial charge in [0.05, 0.1) is 0 Å². The van der Waals surface area contributed by atoms with Crippen molar-refractivity contribution in [1.29, 1.82) is 0 Å². The van der Waals surface area contributed by atoms with E-state index in [-0.39, 0.29) is 16.8 Å². The molecule has 0 radical (unpaired) electrons. The van der Waals surface area contributed by atoms with Gasteiger partial charge in [0.25, 0.3) is 29.3 Å². The van der Waals surface area contributed by atoms with Gasteiger partial charge in [0.15, 0.2) is 34.9 Å². The number of amides is 1. The van der Waals surface area contributed by atoms with Crippen molar-refractivity contribution in [3.8, 4) is 0 Å². The van der Waals surface area contributed by atoms with Crippen molar-refractivity contribution in [2.24, 2.45) is 0 Å². The topological polar surface area (TPSA) is 140 Å². The molecular formula is C26H13Cl3F8N2O6S2. The van der Waals surface area contributed by atoms with Gasteiger partial charge in [-0.3, -0.25) is 9.59 Å². The van der Waals surface area contributed by atoms with Crippen LogP contribution in [0.3, 0.4) is 0 Å². The summed E-state index contributed by atoms with van der Waals surface area (Å²) >= 11 is 5.08. The molecule has 0 saturated carbocycles. The lowest BCUT2D eigenvalue weighted by atomic mass is 10.2. The molecule has 1 amide bonds. The van der Waals surface area contributed by atoms with Crippen LogP contribution in [-0.4, -0.2) is 28.0 Å². The Bertz CT molecular complexity index is 2040. The van der Waals surface area contributed by atoms with Gasteiger partial charge in [-0.1, -0.05) is 0 Å². The number of benzene rings is 4. The molecule has 47 heavy (non-hydrogen) atoms. The van der Waals surface area contributed by atoms with Crippen molar-refractivity contribution in [3.63, 3.8) is 0 Å². The predicted molar refractivity (Wildman–Crippen MR) is 154 cm³/mol. The zero-order valence-electron chi connectivity index (χ0n) is 22.3. The maximum Gasteiger partial charge on any atom is 0.264 e. The van der Waals surface area contributed by atoms with E-state index in [1.165, 1.54) is 0 Å². The summed E-state index contributed by atoms with van der Waals surface area (Å²) in [4.78, 5) is 20.9. The Morgan fingerprint density at radius 1 is 0.574 bits per heavy atom. The number of anilines is 2. The number of nitrogens with one attached hydrogen (secondary N) is 1. The molecule has 252 valence electrons. The minimum atomic E-state index is -4.43. The van der Waals surface area contributed by atoms with Crippen LogP contribution < -0.4 is 11.1 Å². The quantitative estimate of drug-likeness (QED) is 0.0944. The van der Waals surface area contributed by atoms with E-state index >= 15 is 0 Å². The highest BCUT2D eigenvalue weighted by Crippen LogP contribution is 2.23. The maximum atomic E-state index is 13.4. The lowest BCUT2D eigenvalue weighted by Gasteiger charge is -2.07. The summed E-state index contributed by atoms with van der Waals surface area (Å²) in [6, 6.07) is 7.44. The first-order valence-electron chi connectivity index (χ1n) is 11.6. The molecule has 0 unspecified atom stereocenters. The van der Waals surface area contributed by atoms with Crippen LogP contribution in [0.25, 0.3) is 0 Å². The number of hydrogen-bond donors (Lipinski definition) is 2. The van der Waals surface area contributed by atoms with E-state index in [1.807, 2.05) is 5.32 Å². The molecule has 0 aliphatic heterocycles. The van der Waals surface area contributed by atoms with E-state index in [2.05, 4.69) is 0 Å². The molecular weight excluding hydrogens is 759 g/mol. The van der Waals surface area contributed by atoms with E-state index < -0.39 is 91.3 Å². The minimum absolute atomic E-state index is 0.128. The molecule has 0 heterocycles. The Balaban J connectivity index is 0.000000271. The van der Waals surface area contributed by atoms with Gasteiger partial charge in [-0.25, -0.2) is 52.0 Å². The SMILES string of the molecule is Nc1cc(F)c(F)c(F)c1.O=C(Cl)c1ccc(F)c(S(=O)(=O)Cl)c1.O=C(Nc1cc(F)c(F)c(F)c1)c1ccc(F)c(S(=O)(=O)Cl)c1. The van der Waals surface area contributed by atoms with Gasteiger partial charge < -0.3 is 11.1 Å². The predicted octanol–water partition coefficient (Wildman–Crippen LogP) is 7.24. The molecule has 4 aromatic rings. The van der Waals surface area contributed by atoms with Gasteiger partial charge in [0.1, 0.15) is 21.4 Å². The fourth-order valence-corrected chi connectivity index (χ4v) is 5.01. The Morgan fingerprint density at radius 2 is 0.936 bits per heavy atom. The maximum absolute atomic E-state index is 13.4. The van der Waals surface area contributed by atoms with Crippen LogP contribution >= 0.6 is 33.0 Å². The number of nitrogens with two attached hydrogens (primary N) is 1. The normalized spacial score (nSPS) is 11.0. The first kappa shape index (κ1) is 39.2. The second-order valence-electron chi connectivity index (χ2n) is 8.45. The molecule has 0 aliphatic rings. The zero-order chi connectivity index (χ0) is 36.0. The minimum Gasteiger partial charge on any atom is -0.399 e. The fraction of sp³-hybridized carbons (Fsp3) is 0. The van der Waals surface area contributed by atoms with Gasteiger partial charge in [-0.05, 0) is 48.0 Å². The fourth-order valence-electron chi connectivity index (χ4n) is 3.05. The lowest BCUT2D eigenvalue weighted by molar-refractivity contribution is 0.102. The smallest absolute Gasteiger partial charge is 0.264 e. The Kier molecular flexibility index (Phi) is 13.1. The van der Waals surface area contributed by atoms with E-state index in [9.17, 15) is 61.5 Å². The van der Waals surface area contributed by atoms with Crippen LogP contribution in [0.2, 0.25) is 0 Å². The Hall–Kier alpha value is -3.97. The third-order valence-corrected chi connectivity index (χ3v) is 8.02. The second kappa shape index (κ2) is 15.7. The van der Waals surface area contributed by atoms with Crippen molar-refractivity contribution in [1.82, 2.24) is 0 Å². The number of nitrogen functional groups attached to an aromatic ring is 1. The first-order valence-corrected chi connectivity index (χ1v) is 16.6. The summed E-state index contributed by atoms with van der Waals surface area (Å²) in [6.45, 7) is 0. The van der Waals surface area contributed by atoms with Crippen molar-refractivity contribution in [3.05, 3.63) is 118 Å². The molecule has 0 atom stereocenters. The molecule has 4 rings (SSSR count). The third-order valence-electron chi connectivity index (χ3n) is 5.12. The molecule has 0 aliphatic carbocycles. The first-order chi connectivity index (χ1) is 21.5. The van der Waals surface area contributed by atoms with Crippen molar-refractivity contribution >= 4 is 73.6 Å². The number of carbonyl (C=O) groups excluding carboxylic acids is 2. The molecule has 0 bridgehead atoms. The molecule has 0 fully saturated rings. The van der Waals surface area contributed by atoms with Crippen LogP contribution in [0.15, 0.2) is 70.5 Å². The van der Waals surface area contributed by atoms with Crippen LogP contribution in [0.4, 0.5) is 46.5 Å². The molecule has 3 N–H and O–H groups in total. The summed E-state index contributed by atoms with van der Waals surface area (Å²) in [5, 5.41) is 1.14. The highest BCUT2D eigenvalue weighted by atomic mass is 35.7. The van der Waals surface area contributed by atoms with E-state index in [1.54, 1.807) is 0 Å². The van der Waals surface area contributed by atoms with Gasteiger partial charge in [-0.2, -0.15) is 0 Å². The van der Waals surface area contributed by atoms with E-state index in [0.717, 1.165) is 36.4 Å². The highest BCUT2D eigenvalue weighted by Gasteiger charge is 2.20. The van der Waals surface area contributed by atoms with Crippen molar-refractivity contribution in [2.45, 2.75) is 9.79 Å². The standard InChI is InChI=1S/C13H6ClF4NO3S.C7H3Cl2FO3S.C6H4F3N/c14-23(21,22)11-3-6(1-2-8(11)15)13(20)19-7-4-9(16)12(18)10(17)5-7;8-7(11)4-1-2-5(10)6(3-4)14(9,12)13;7-4-1-3(10)2-5(8)6(4)9/h1-5H,(H,19,20);1-3H;1-2H,10H2. The van der Waals surface area contributed by atoms with Crippen LogP contribution in [-0.2, 0) is 18.1 Å². The average Bonchev–Trinajstić information content (AvgIpc) is 2.94. The molecule has 0 saturated heterocycles. The van der Waals surface area contributed by atoms with Gasteiger partial charge >= 0.3 is 0 Å². The molecule has 0 aromatic heterocycles. The average molecular weight is 772 g/mol. The van der Waals surface area contributed by atoms with Crippen LogP contribution in [0.1, 0.15) is 20.7 Å². The van der Waals surface area contributed by atoms with E-state index in [4.69, 9.17) is 38.7 Å². The van der Waals surface area contributed by atoms with E-state index in [0.29, 0.717) is 24.3 Å². The summed E-state index contributed by atoms with van der Waals surface area (Å²) in [5.74, 6) is -12.0. The van der Waals surface area contributed by atoms with Crippen molar-refractivity contribution < 1.29 is 61.5 Å². The second-order valence-corrected chi connectivity index (χ2v) is 13.9. The molecule has 8 nitrogen and oxygen atoms in total. The molecule has 21 heteroatoms. The highest BCUT2D eigenvalue weighted by molar-refractivity contribution is 8.14. The zero-order valence-corrected chi connectivity index (χ0v) is 26.2. The summed E-state index contributed by atoms with van der Waals surface area (Å²) < 4.78 is 146. The van der Waals surface area contributed by atoms with Crippen LogP contribution in [0, 0.1) is 46.5 Å². The number of halogens is 11. The lowest BCUT2D eigenvalue weighted by Crippen LogP contribution is -2.13. The largest absolute Gasteiger partial charge is 0.399 e. The van der Waals surface area contributed by atoms with Gasteiger partial charge in [0.2, 0.25) is 0 Å². The number of rotatable bonds is 5. The third kappa shape index (κ3) is 11.1. The van der Waals surface area contributed by atoms with Gasteiger partial charge in [-0.15, -0.1) is 0 Å². The molecule has 0 spiro atoms.